The number of alkyl halides is 3. The number of halogens is 4. The third kappa shape index (κ3) is 5.33. The average Bonchev–Trinajstić information content (AvgIpc) is 3.21. The molecule has 1 saturated heterocycles. The maximum atomic E-state index is 13.3. The van der Waals surface area contributed by atoms with E-state index in [-0.39, 0.29) is 28.8 Å². The number of nitrogen functional groups attached to an aromatic ring is 1. The number of aromatic nitrogens is 2. The molecule has 190 valence electrons. The second kappa shape index (κ2) is 9.46. The third-order valence-corrected chi connectivity index (χ3v) is 7.38. The van der Waals surface area contributed by atoms with E-state index >= 15 is 0 Å². The molecule has 2 aromatic rings. The summed E-state index contributed by atoms with van der Waals surface area (Å²) < 4.78 is 39.8. The van der Waals surface area contributed by atoms with Gasteiger partial charge in [-0.25, -0.2) is 9.97 Å². The molecule has 0 radical (unpaired) electrons. The number of nitrogens with zero attached hydrogens (tertiary/aromatic N) is 3. The molecule has 2 atom stereocenters. The van der Waals surface area contributed by atoms with Crippen molar-refractivity contribution in [3.8, 4) is 0 Å². The van der Waals surface area contributed by atoms with E-state index in [0.29, 0.717) is 30.2 Å². The Kier molecular flexibility index (Phi) is 6.89. The van der Waals surface area contributed by atoms with Crippen LogP contribution in [0.4, 0.5) is 24.7 Å². The number of nitrogens with one attached hydrogen (secondary N) is 2. The Balaban J connectivity index is 1.54. The molecule has 0 saturated carbocycles. The van der Waals surface area contributed by atoms with E-state index in [9.17, 15) is 18.0 Å². The number of hydrogen-bond acceptors (Lipinski definition) is 6. The van der Waals surface area contributed by atoms with E-state index in [1.54, 1.807) is 11.0 Å². The highest BCUT2D eigenvalue weighted by Gasteiger charge is 2.40. The van der Waals surface area contributed by atoms with Crippen LogP contribution >= 0.6 is 11.6 Å². The van der Waals surface area contributed by atoms with Crippen LogP contribution in [0.3, 0.4) is 0 Å². The maximum absolute atomic E-state index is 13.3. The summed E-state index contributed by atoms with van der Waals surface area (Å²) in [4.78, 5) is 23.8. The Morgan fingerprint density at radius 2 is 1.89 bits per heavy atom. The van der Waals surface area contributed by atoms with Crippen LogP contribution in [0.15, 0.2) is 18.2 Å². The molecule has 0 bridgehead atoms. The van der Waals surface area contributed by atoms with Crippen LogP contribution in [0.1, 0.15) is 61.9 Å². The summed E-state index contributed by atoms with van der Waals surface area (Å²) in [5.74, 6) is 0.252. The lowest BCUT2D eigenvalue weighted by atomic mass is 9.79. The summed E-state index contributed by atoms with van der Waals surface area (Å²) >= 11 is 6.19. The molecule has 0 aliphatic carbocycles. The van der Waals surface area contributed by atoms with Crippen molar-refractivity contribution in [2.75, 3.05) is 24.1 Å². The molecule has 4 rings (SSSR count). The predicted octanol–water partition coefficient (Wildman–Crippen LogP) is 4.57. The number of hydrogen-bond donors (Lipinski definition) is 3. The normalized spacial score (nSPS) is 19.2. The molecule has 11 heteroatoms. The van der Waals surface area contributed by atoms with Gasteiger partial charge in [0.2, 0.25) is 11.2 Å². The lowest BCUT2D eigenvalue weighted by Gasteiger charge is -2.35. The fraction of sp³-hybridized carbons (Fsp3) is 0.542. The lowest BCUT2D eigenvalue weighted by molar-refractivity contribution is -0.143. The zero-order chi connectivity index (χ0) is 25.5. The van der Waals surface area contributed by atoms with Gasteiger partial charge in [-0.3, -0.25) is 4.79 Å². The number of carbonyl (C=O) groups is 1. The first kappa shape index (κ1) is 25.5. The number of rotatable bonds is 5. The molecule has 1 aromatic carbocycles. The van der Waals surface area contributed by atoms with Gasteiger partial charge < -0.3 is 21.3 Å². The molecule has 1 fully saturated rings. The van der Waals surface area contributed by atoms with E-state index in [0.717, 1.165) is 43.6 Å². The Morgan fingerprint density at radius 1 is 1.20 bits per heavy atom. The Hall–Kier alpha value is -2.59. The highest BCUT2D eigenvalue weighted by Crippen LogP contribution is 2.37. The molecular weight excluding hydrogens is 481 g/mol. The Labute approximate surface area is 207 Å². The first-order valence-corrected chi connectivity index (χ1v) is 12.0. The van der Waals surface area contributed by atoms with E-state index in [1.807, 2.05) is 20.8 Å². The number of nitrogens with two attached hydrogens (primary N) is 1. The van der Waals surface area contributed by atoms with Gasteiger partial charge in [0.25, 0.3) is 0 Å². The van der Waals surface area contributed by atoms with Gasteiger partial charge in [0, 0.05) is 28.6 Å². The van der Waals surface area contributed by atoms with Crippen LogP contribution in [-0.4, -0.2) is 39.9 Å². The van der Waals surface area contributed by atoms with Crippen molar-refractivity contribution >= 4 is 29.0 Å². The van der Waals surface area contributed by atoms with Gasteiger partial charge >= 0.3 is 6.18 Å². The van der Waals surface area contributed by atoms with E-state index in [2.05, 4.69) is 20.6 Å². The summed E-state index contributed by atoms with van der Waals surface area (Å²) in [7, 11) is 0. The highest BCUT2D eigenvalue weighted by molar-refractivity contribution is 6.28. The van der Waals surface area contributed by atoms with E-state index in [4.69, 9.17) is 17.3 Å². The van der Waals surface area contributed by atoms with Crippen molar-refractivity contribution in [1.82, 2.24) is 20.2 Å². The fourth-order valence-corrected chi connectivity index (χ4v) is 4.98. The second-order valence-electron chi connectivity index (χ2n) is 9.85. The maximum Gasteiger partial charge on any atom is 0.416 e. The molecule has 1 amide bonds. The van der Waals surface area contributed by atoms with Gasteiger partial charge in [-0.05, 0) is 68.2 Å². The molecule has 2 aliphatic rings. The lowest BCUT2D eigenvalue weighted by Crippen LogP contribution is -2.46. The van der Waals surface area contributed by atoms with Crippen molar-refractivity contribution in [1.29, 1.82) is 0 Å². The van der Waals surface area contributed by atoms with Gasteiger partial charge in [-0.1, -0.05) is 13.8 Å². The van der Waals surface area contributed by atoms with Crippen molar-refractivity contribution in [2.24, 2.45) is 5.41 Å². The average molecular weight is 511 g/mol. The summed E-state index contributed by atoms with van der Waals surface area (Å²) in [6, 6.07) is 3.30. The van der Waals surface area contributed by atoms with Crippen LogP contribution < -0.4 is 16.4 Å². The van der Waals surface area contributed by atoms with Crippen molar-refractivity contribution in [3.63, 3.8) is 0 Å². The minimum Gasteiger partial charge on any atom is -0.399 e. The van der Waals surface area contributed by atoms with Crippen molar-refractivity contribution in [2.45, 2.75) is 64.8 Å². The van der Waals surface area contributed by atoms with Gasteiger partial charge in [0.15, 0.2) is 0 Å². The quantitative estimate of drug-likeness (QED) is 0.403. The summed E-state index contributed by atoms with van der Waals surface area (Å²) in [5, 5.41) is 6.64. The number of piperidine rings is 1. The zero-order valence-corrected chi connectivity index (χ0v) is 20.7. The largest absolute Gasteiger partial charge is 0.416 e. The van der Waals surface area contributed by atoms with Crippen LogP contribution in [0.5, 0.6) is 0 Å². The van der Waals surface area contributed by atoms with Crippen LogP contribution in [0, 0.1) is 5.41 Å². The highest BCUT2D eigenvalue weighted by atomic mass is 35.5. The summed E-state index contributed by atoms with van der Waals surface area (Å²) in [6.45, 7) is 7.99. The van der Waals surface area contributed by atoms with Crippen LogP contribution in [-0.2, 0) is 24.1 Å². The molecule has 1 aromatic heterocycles. The minimum atomic E-state index is -4.48. The van der Waals surface area contributed by atoms with Crippen LogP contribution in [0.2, 0.25) is 5.28 Å². The number of amides is 1. The number of benzene rings is 1. The van der Waals surface area contributed by atoms with Crippen molar-refractivity contribution in [3.05, 3.63) is 45.9 Å². The SMILES string of the molecule is CC(Nc1nc(Cl)nc2c1CN(C(=O)C1(C)CCNCC1)C2)[C@H](C)c1cc(N)cc(C(F)(F)F)c1. The first-order chi connectivity index (χ1) is 16.4. The van der Waals surface area contributed by atoms with Crippen LogP contribution in [0.25, 0.3) is 0 Å². The monoisotopic (exact) mass is 510 g/mol. The Morgan fingerprint density at radius 3 is 2.54 bits per heavy atom. The summed E-state index contributed by atoms with van der Waals surface area (Å²) in [5.41, 5.74) is 6.53. The first-order valence-electron chi connectivity index (χ1n) is 11.7. The molecule has 35 heavy (non-hydrogen) atoms. The smallest absolute Gasteiger partial charge is 0.399 e. The zero-order valence-electron chi connectivity index (χ0n) is 20.0. The standard InChI is InChI=1S/C24H30ClF3N6O/c1-13(15-8-16(24(26,27)28)10-17(29)9-15)14(2)31-20-18-11-34(12-19(18)32-22(25)33-20)21(35)23(3)4-6-30-7-5-23/h8-10,13-14,30H,4-7,11-12,29H2,1-3H3,(H,31,32,33)/t13-,14?/m0/s1. The molecular formula is C24H30ClF3N6O. The fourth-order valence-electron chi connectivity index (χ4n) is 4.79. The van der Waals surface area contributed by atoms with Gasteiger partial charge in [-0.2, -0.15) is 13.2 Å². The summed E-state index contributed by atoms with van der Waals surface area (Å²) in [6.07, 6.45) is -2.95. The molecule has 0 spiro atoms. The third-order valence-electron chi connectivity index (χ3n) is 7.21. The molecule has 3 heterocycles. The minimum absolute atomic E-state index is 0.0526. The van der Waals surface area contributed by atoms with Crippen molar-refractivity contribution < 1.29 is 18.0 Å². The molecule has 4 N–H and O–H groups in total. The molecule has 2 aliphatic heterocycles. The number of carbonyl (C=O) groups excluding carboxylic acids is 1. The molecule has 7 nitrogen and oxygen atoms in total. The van der Waals surface area contributed by atoms with E-state index < -0.39 is 17.2 Å². The second-order valence-corrected chi connectivity index (χ2v) is 10.2. The predicted molar refractivity (Wildman–Crippen MR) is 129 cm³/mol. The Bertz CT molecular complexity index is 1120. The topological polar surface area (TPSA) is 96.2 Å². The van der Waals surface area contributed by atoms with Gasteiger partial charge in [-0.15, -0.1) is 0 Å². The number of anilines is 2. The molecule has 1 unspecified atom stereocenters. The van der Waals surface area contributed by atoms with E-state index in [1.165, 1.54) is 0 Å². The number of fused-ring (bicyclic) bond motifs is 1. The van der Waals surface area contributed by atoms with Gasteiger partial charge in [0.05, 0.1) is 24.3 Å². The van der Waals surface area contributed by atoms with Gasteiger partial charge in [0.1, 0.15) is 5.82 Å².